The molecule has 0 aliphatic heterocycles. The fourth-order valence-electron chi connectivity index (χ4n) is 1.24. The van der Waals surface area contributed by atoms with Crippen molar-refractivity contribution in [2.24, 2.45) is 0 Å². The Balaban J connectivity index is 2.68. The van der Waals surface area contributed by atoms with Gasteiger partial charge in [-0.05, 0) is 48.1 Å². The van der Waals surface area contributed by atoms with Crippen LogP contribution in [0, 0.1) is 0 Å². The van der Waals surface area contributed by atoms with E-state index < -0.39 is 0 Å². The van der Waals surface area contributed by atoms with E-state index in [-0.39, 0.29) is 0 Å². The van der Waals surface area contributed by atoms with E-state index >= 15 is 0 Å². The fraction of sp³-hybridized carbons (Fsp3) is 0.600. The molecule has 1 aromatic heterocycles. The minimum Gasteiger partial charge on any atom is -0.320 e. The number of hydrogen-bond donors (Lipinski definition) is 1. The van der Waals surface area contributed by atoms with Crippen molar-refractivity contribution in [1.82, 2.24) is 5.32 Å². The van der Waals surface area contributed by atoms with Gasteiger partial charge in [0.25, 0.3) is 0 Å². The molecule has 0 amide bonds. The van der Waals surface area contributed by atoms with E-state index in [1.54, 1.807) is 0 Å². The predicted molar refractivity (Wildman–Crippen MR) is 63.6 cm³/mol. The van der Waals surface area contributed by atoms with E-state index in [9.17, 15) is 0 Å². The standard InChI is InChI=1S/C10H16BrNS/c1-10(2,6-7-12-3)8-4-5-9(11)13-8/h4-5,12H,6-7H2,1-3H3. The SMILES string of the molecule is CNCCC(C)(C)c1ccc(Br)s1. The Morgan fingerprint density at radius 2 is 2.15 bits per heavy atom. The molecule has 1 rings (SSSR count). The zero-order valence-electron chi connectivity index (χ0n) is 8.36. The van der Waals surface area contributed by atoms with Crippen LogP contribution in [0.3, 0.4) is 0 Å². The third-order valence-electron chi connectivity index (χ3n) is 2.24. The van der Waals surface area contributed by atoms with Crippen LogP contribution in [0.25, 0.3) is 0 Å². The Morgan fingerprint density at radius 3 is 2.62 bits per heavy atom. The zero-order chi connectivity index (χ0) is 9.90. The van der Waals surface area contributed by atoms with Crippen LogP contribution in [-0.4, -0.2) is 13.6 Å². The molecule has 0 aliphatic rings. The quantitative estimate of drug-likeness (QED) is 0.877. The van der Waals surface area contributed by atoms with Gasteiger partial charge in [-0.1, -0.05) is 13.8 Å². The second-order valence-corrected chi connectivity index (χ2v) is 6.30. The van der Waals surface area contributed by atoms with Crippen LogP contribution in [0.2, 0.25) is 0 Å². The van der Waals surface area contributed by atoms with Crippen molar-refractivity contribution in [2.45, 2.75) is 25.7 Å². The monoisotopic (exact) mass is 261 g/mol. The van der Waals surface area contributed by atoms with Crippen molar-refractivity contribution in [1.29, 1.82) is 0 Å². The average molecular weight is 262 g/mol. The molecule has 0 atom stereocenters. The van der Waals surface area contributed by atoms with Gasteiger partial charge in [-0.2, -0.15) is 0 Å². The third kappa shape index (κ3) is 3.08. The highest BCUT2D eigenvalue weighted by Gasteiger charge is 2.21. The molecule has 3 heteroatoms. The van der Waals surface area contributed by atoms with E-state index in [2.05, 4.69) is 47.2 Å². The van der Waals surface area contributed by atoms with Gasteiger partial charge in [-0.25, -0.2) is 0 Å². The van der Waals surface area contributed by atoms with Crippen LogP contribution in [0.4, 0.5) is 0 Å². The topological polar surface area (TPSA) is 12.0 Å². The molecule has 1 aromatic rings. The van der Waals surface area contributed by atoms with E-state index in [4.69, 9.17) is 0 Å². The first-order valence-corrected chi connectivity index (χ1v) is 6.07. The largest absolute Gasteiger partial charge is 0.320 e. The van der Waals surface area contributed by atoms with Crippen LogP contribution in [0.15, 0.2) is 15.9 Å². The molecule has 74 valence electrons. The third-order valence-corrected chi connectivity index (χ3v) is 4.23. The lowest BCUT2D eigenvalue weighted by atomic mass is 9.88. The lowest BCUT2D eigenvalue weighted by Crippen LogP contribution is -2.22. The molecule has 0 radical (unpaired) electrons. The molecule has 0 bridgehead atoms. The van der Waals surface area contributed by atoms with Crippen LogP contribution >= 0.6 is 27.3 Å². The number of halogens is 1. The summed E-state index contributed by atoms with van der Waals surface area (Å²) in [7, 11) is 2.00. The minimum absolute atomic E-state index is 0.291. The number of rotatable bonds is 4. The molecule has 1 heterocycles. The summed E-state index contributed by atoms with van der Waals surface area (Å²) in [4.78, 5) is 1.45. The van der Waals surface area contributed by atoms with Gasteiger partial charge in [-0.15, -0.1) is 11.3 Å². The van der Waals surface area contributed by atoms with Crippen molar-refractivity contribution in [3.05, 3.63) is 20.8 Å². The smallest absolute Gasteiger partial charge is 0.0701 e. The molecular weight excluding hydrogens is 246 g/mol. The lowest BCUT2D eigenvalue weighted by Gasteiger charge is -2.22. The van der Waals surface area contributed by atoms with Crippen molar-refractivity contribution >= 4 is 27.3 Å². The van der Waals surface area contributed by atoms with Gasteiger partial charge in [0.15, 0.2) is 0 Å². The minimum atomic E-state index is 0.291. The van der Waals surface area contributed by atoms with Gasteiger partial charge in [0.1, 0.15) is 0 Å². The van der Waals surface area contributed by atoms with Crippen molar-refractivity contribution in [3.8, 4) is 0 Å². The molecule has 1 nitrogen and oxygen atoms in total. The number of thiophene rings is 1. The zero-order valence-corrected chi connectivity index (χ0v) is 10.8. The summed E-state index contributed by atoms with van der Waals surface area (Å²) in [5.41, 5.74) is 0.291. The van der Waals surface area contributed by atoms with Gasteiger partial charge in [0, 0.05) is 10.3 Å². The second-order valence-electron chi connectivity index (χ2n) is 3.84. The fourth-order valence-corrected chi connectivity index (χ4v) is 2.75. The van der Waals surface area contributed by atoms with E-state index in [0.717, 1.165) is 6.54 Å². The Labute approximate surface area is 92.7 Å². The first-order chi connectivity index (χ1) is 6.06. The van der Waals surface area contributed by atoms with Crippen molar-refractivity contribution in [2.75, 3.05) is 13.6 Å². The summed E-state index contributed by atoms with van der Waals surface area (Å²) < 4.78 is 1.22. The normalized spacial score (nSPS) is 12.0. The van der Waals surface area contributed by atoms with Crippen LogP contribution in [0.5, 0.6) is 0 Å². The van der Waals surface area contributed by atoms with Crippen LogP contribution in [0.1, 0.15) is 25.1 Å². The van der Waals surface area contributed by atoms with Gasteiger partial charge >= 0.3 is 0 Å². The maximum atomic E-state index is 3.50. The molecular formula is C10H16BrNS. The van der Waals surface area contributed by atoms with Crippen LogP contribution < -0.4 is 5.32 Å². The lowest BCUT2D eigenvalue weighted by molar-refractivity contribution is 0.477. The van der Waals surface area contributed by atoms with Crippen molar-refractivity contribution in [3.63, 3.8) is 0 Å². The number of hydrogen-bond acceptors (Lipinski definition) is 2. The molecule has 0 spiro atoms. The highest BCUT2D eigenvalue weighted by Crippen LogP contribution is 2.34. The summed E-state index contributed by atoms with van der Waals surface area (Å²) in [6, 6.07) is 4.34. The molecule has 0 aromatic carbocycles. The van der Waals surface area contributed by atoms with Gasteiger partial charge in [0.05, 0.1) is 3.79 Å². The Hall–Kier alpha value is 0.140. The maximum Gasteiger partial charge on any atom is 0.0701 e. The van der Waals surface area contributed by atoms with Gasteiger partial charge < -0.3 is 5.32 Å². The Kier molecular flexibility index (Phi) is 3.95. The summed E-state index contributed by atoms with van der Waals surface area (Å²) in [6.45, 7) is 5.66. The summed E-state index contributed by atoms with van der Waals surface area (Å²) >= 11 is 5.33. The summed E-state index contributed by atoms with van der Waals surface area (Å²) in [5, 5.41) is 3.19. The molecule has 13 heavy (non-hydrogen) atoms. The highest BCUT2D eigenvalue weighted by atomic mass is 79.9. The van der Waals surface area contributed by atoms with Crippen LogP contribution in [-0.2, 0) is 5.41 Å². The van der Waals surface area contributed by atoms with E-state index in [0.29, 0.717) is 5.41 Å². The molecule has 0 unspecified atom stereocenters. The molecule has 0 aliphatic carbocycles. The Morgan fingerprint density at radius 1 is 1.46 bits per heavy atom. The molecule has 1 N–H and O–H groups in total. The summed E-state index contributed by atoms with van der Waals surface area (Å²) in [5.74, 6) is 0. The molecule has 0 saturated heterocycles. The molecule has 0 fully saturated rings. The first-order valence-electron chi connectivity index (χ1n) is 4.47. The Bertz CT molecular complexity index is 268. The second kappa shape index (κ2) is 4.58. The number of nitrogens with one attached hydrogen (secondary N) is 1. The maximum absolute atomic E-state index is 3.50. The summed E-state index contributed by atoms with van der Waals surface area (Å²) in [6.07, 6.45) is 1.18. The predicted octanol–water partition coefficient (Wildman–Crippen LogP) is 3.40. The average Bonchev–Trinajstić information content (AvgIpc) is 2.49. The van der Waals surface area contributed by atoms with Crippen molar-refractivity contribution < 1.29 is 0 Å². The van der Waals surface area contributed by atoms with E-state index in [1.165, 1.54) is 15.1 Å². The van der Waals surface area contributed by atoms with Gasteiger partial charge in [0.2, 0.25) is 0 Å². The van der Waals surface area contributed by atoms with E-state index in [1.807, 2.05) is 18.4 Å². The van der Waals surface area contributed by atoms with Gasteiger partial charge in [-0.3, -0.25) is 0 Å². The first kappa shape index (κ1) is 11.2. The highest BCUT2D eigenvalue weighted by molar-refractivity contribution is 9.11. The molecule has 0 saturated carbocycles.